The summed E-state index contributed by atoms with van der Waals surface area (Å²) in [7, 11) is 1.67. The summed E-state index contributed by atoms with van der Waals surface area (Å²) >= 11 is 1.72. The fourth-order valence-electron chi connectivity index (χ4n) is 4.72. The van der Waals surface area contributed by atoms with Gasteiger partial charge >= 0.3 is 5.97 Å². The van der Waals surface area contributed by atoms with E-state index in [-0.39, 0.29) is 48.8 Å². The van der Waals surface area contributed by atoms with Gasteiger partial charge in [0.2, 0.25) is 0 Å². The van der Waals surface area contributed by atoms with Gasteiger partial charge in [-0.15, -0.1) is 17.7 Å². The maximum atomic E-state index is 13.0. The number of ether oxygens (including phenoxy) is 4. The summed E-state index contributed by atoms with van der Waals surface area (Å²) in [5.41, 5.74) is 2.52. The molecule has 1 aliphatic carbocycles. The van der Waals surface area contributed by atoms with Gasteiger partial charge in [-0.3, -0.25) is 9.69 Å². The first kappa shape index (κ1) is 28.7. The van der Waals surface area contributed by atoms with Crippen LogP contribution in [-0.2, 0) is 28.5 Å². The van der Waals surface area contributed by atoms with Crippen molar-refractivity contribution in [3.05, 3.63) is 29.3 Å². The third-order valence-electron chi connectivity index (χ3n) is 7.06. The highest BCUT2D eigenvalue weighted by molar-refractivity contribution is 7.99. The first-order chi connectivity index (χ1) is 17.4. The van der Waals surface area contributed by atoms with Crippen LogP contribution in [0.5, 0.6) is 0 Å². The molecule has 36 heavy (non-hydrogen) atoms. The van der Waals surface area contributed by atoms with E-state index in [2.05, 4.69) is 48.8 Å². The maximum Gasteiger partial charge on any atom is 0.332 e. The molecule has 3 rings (SSSR count). The molecule has 1 aliphatic heterocycles. The van der Waals surface area contributed by atoms with E-state index in [1.54, 1.807) is 18.9 Å². The Morgan fingerprint density at radius 1 is 1.19 bits per heavy atom. The Kier molecular flexibility index (Phi) is 11.7. The van der Waals surface area contributed by atoms with Crippen LogP contribution in [0.4, 0.5) is 0 Å². The number of rotatable bonds is 11. The third-order valence-corrected chi connectivity index (χ3v) is 8.17. The van der Waals surface area contributed by atoms with E-state index >= 15 is 0 Å². The second-order valence-electron chi connectivity index (χ2n) is 9.44. The Labute approximate surface area is 219 Å². The molecular formula is C28H39NO6S. The molecule has 2 unspecified atom stereocenters. The van der Waals surface area contributed by atoms with Crippen molar-refractivity contribution >= 4 is 23.5 Å². The van der Waals surface area contributed by atoms with Crippen LogP contribution in [-0.4, -0.2) is 88.3 Å². The molecule has 0 N–H and O–H groups in total. The number of methoxy groups -OCH3 is 1. The minimum absolute atomic E-state index is 0.0363. The van der Waals surface area contributed by atoms with Crippen LogP contribution >= 0.6 is 11.8 Å². The summed E-state index contributed by atoms with van der Waals surface area (Å²) in [6.45, 7) is 10.4. The van der Waals surface area contributed by atoms with Gasteiger partial charge in [0.05, 0.1) is 19.3 Å². The van der Waals surface area contributed by atoms with Gasteiger partial charge in [-0.25, -0.2) is 4.79 Å². The number of nitrogens with zero attached hydrogens (tertiary/aromatic N) is 1. The number of esters is 1. The Balaban J connectivity index is 1.41. The van der Waals surface area contributed by atoms with Gasteiger partial charge in [0.15, 0.2) is 0 Å². The van der Waals surface area contributed by atoms with E-state index in [1.165, 1.54) is 16.0 Å². The van der Waals surface area contributed by atoms with Gasteiger partial charge in [-0.2, -0.15) is 0 Å². The van der Waals surface area contributed by atoms with Crippen LogP contribution in [0, 0.1) is 43.4 Å². The lowest BCUT2D eigenvalue weighted by molar-refractivity contribution is -0.149. The minimum atomic E-state index is -0.386. The average Bonchev–Trinajstić information content (AvgIpc) is 3.11. The van der Waals surface area contributed by atoms with E-state index in [1.807, 2.05) is 6.92 Å². The van der Waals surface area contributed by atoms with Crippen molar-refractivity contribution in [1.82, 2.24) is 4.90 Å². The van der Waals surface area contributed by atoms with Crippen LogP contribution in [0.25, 0.3) is 0 Å². The van der Waals surface area contributed by atoms with Gasteiger partial charge in [0.25, 0.3) is 0 Å². The molecule has 0 radical (unpaired) electrons. The first-order valence-electron chi connectivity index (χ1n) is 12.7. The number of aryl methyl sites for hydroxylation is 2. The van der Waals surface area contributed by atoms with Gasteiger partial charge in [0.1, 0.15) is 25.6 Å². The van der Waals surface area contributed by atoms with Gasteiger partial charge in [-0.1, -0.05) is 18.9 Å². The van der Waals surface area contributed by atoms with Crippen molar-refractivity contribution in [2.45, 2.75) is 38.2 Å². The van der Waals surface area contributed by atoms with Gasteiger partial charge in [-0.05, 0) is 37.1 Å². The van der Waals surface area contributed by atoms with Crippen LogP contribution in [0.2, 0.25) is 0 Å². The van der Waals surface area contributed by atoms with Crippen molar-refractivity contribution < 1.29 is 28.5 Å². The normalized spacial score (nSPS) is 24.4. The largest absolute Gasteiger partial charge is 0.463 e. The highest BCUT2D eigenvalue weighted by Crippen LogP contribution is 2.40. The third kappa shape index (κ3) is 8.32. The highest BCUT2D eigenvalue weighted by Gasteiger charge is 2.47. The molecule has 1 saturated heterocycles. The molecule has 1 aromatic rings. The molecule has 4 atom stereocenters. The number of Topliss-reactive ketones (excluding diaryl/α,β-unsaturated/α-hetero) is 1. The number of thioether (sulfide) groups is 1. The molecule has 8 heteroatoms. The lowest BCUT2D eigenvalue weighted by Crippen LogP contribution is -2.38. The molecule has 1 aromatic carbocycles. The zero-order valence-corrected chi connectivity index (χ0v) is 22.7. The smallest absolute Gasteiger partial charge is 0.332 e. The second kappa shape index (κ2) is 14.7. The summed E-state index contributed by atoms with van der Waals surface area (Å²) in [6.07, 6.45) is 0.416. The average molecular weight is 518 g/mol. The molecule has 2 fully saturated rings. The first-order valence-corrected chi connectivity index (χ1v) is 13.6. The van der Waals surface area contributed by atoms with Crippen molar-refractivity contribution in [1.29, 1.82) is 0 Å². The van der Waals surface area contributed by atoms with E-state index < -0.39 is 0 Å². The predicted molar refractivity (Wildman–Crippen MR) is 140 cm³/mol. The molecule has 0 aromatic heterocycles. The summed E-state index contributed by atoms with van der Waals surface area (Å²) in [6, 6.07) is 6.41. The van der Waals surface area contributed by atoms with E-state index in [9.17, 15) is 9.59 Å². The Morgan fingerprint density at radius 3 is 2.69 bits per heavy atom. The zero-order chi connectivity index (χ0) is 25.9. The van der Waals surface area contributed by atoms with Crippen molar-refractivity contribution in [3.8, 4) is 11.8 Å². The number of carbonyl (C=O) groups excluding carboxylic acids is 2. The van der Waals surface area contributed by atoms with Crippen molar-refractivity contribution in [3.63, 3.8) is 0 Å². The SMILES string of the molecule is COC1C(C)C(=O)[C@H](CSc2ccc(C)c(C)c2)[C@H]1CC#CCOCC(=O)OCCN1CCOCC1. The van der Waals surface area contributed by atoms with Crippen LogP contribution in [0.1, 0.15) is 24.5 Å². The van der Waals surface area contributed by atoms with Gasteiger partial charge < -0.3 is 18.9 Å². The number of hydrogen-bond donors (Lipinski definition) is 0. The maximum absolute atomic E-state index is 13.0. The van der Waals surface area contributed by atoms with E-state index in [4.69, 9.17) is 18.9 Å². The molecule has 0 spiro atoms. The Morgan fingerprint density at radius 2 is 1.97 bits per heavy atom. The number of ketones is 1. The monoisotopic (exact) mass is 517 g/mol. The summed E-state index contributed by atoms with van der Waals surface area (Å²) < 4.78 is 21.6. The molecule has 2 aliphatic rings. The van der Waals surface area contributed by atoms with Crippen LogP contribution in [0.15, 0.2) is 23.1 Å². The molecule has 1 heterocycles. The quantitative estimate of drug-likeness (QED) is 0.192. The Bertz CT molecular complexity index is 936. The summed E-state index contributed by atoms with van der Waals surface area (Å²) in [5, 5.41) is 0. The molecule has 1 saturated carbocycles. The van der Waals surface area contributed by atoms with Crippen LogP contribution in [0.3, 0.4) is 0 Å². The molecule has 7 nitrogen and oxygen atoms in total. The standard InChI is InChI=1S/C28H39NO6S/c1-20-8-9-23(17-21(20)2)36-19-25-24(28(32-4)22(3)27(25)31)7-5-6-13-34-18-26(30)35-16-12-29-10-14-33-15-11-29/h8-9,17,22,24-25,28H,7,10-16,18-19H2,1-4H3/t22?,24-,25-,28?/m1/s1. The van der Waals surface area contributed by atoms with E-state index in [0.29, 0.717) is 25.3 Å². The van der Waals surface area contributed by atoms with Crippen molar-refractivity contribution in [2.24, 2.45) is 17.8 Å². The molecular weight excluding hydrogens is 478 g/mol. The lowest BCUT2D eigenvalue weighted by atomic mass is 9.92. The number of hydrogen-bond acceptors (Lipinski definition) is 8. The number of morpholine rings is 1. The molecule has 198 valence electrons. The predicted octanol–water partition coefficient (Wildman–Crippen LogP) is 3.15. The van der Waals surface area contributed by atoms with Gasteiger partial charge in [0, 0.05) is 61.6 Å². The Hall–Kier alpha value is -1.89. The zero-order valence-electron chi connectivity index (χ0n) is 21.9. The van der Waals surface area contributed by atoms with Crippen molar-refractivity contribution in [2.75, 3.05) is 65.5 Å². The number of carbonyl (C=O) groups is 2. The van der Waals surface area contributed by atoms with Crippen LogP contribution < -0.4 is 0 Å². The molecule has 0 bridgehead atoms. The summed E-state index contributed by atoms with van der Waals surface area (Å²) in [4.78, 5) is 28.2. The topological polar surface area (TPSA) is 74.3 Å². The number of benzene rings is 1. The fourth-order valence-corrected chi connectivity index (χ4v) is 5.93. The molecule has 0 amide bonds. The fraction of sp³-hybridized carbons (Fsp3) is 0.643. The van der Waals surface area contributed by atoms with E-state index in [0.717, 1.165) is 26.3 Å². The summed E-state index contributed by atoms with van der Waals surface area (Å²) in [5.74, 6) is 6.50. The minimum Gasteiger partial charge on any atom is -0.463 e. The highest BCUT2D eigenvalue weighted by atomic mass is 32.2. The lowest BCUT2D eigenvalue weighted by Gasteiger charge is -2.26. The second-order valence-corrected chi connectivity index (χ2v) is 10.5.